The first-order chi connectivity index (χ1) is 8.11. The number of esters is 1. The van der Waals surface area contributed by atoms with Crippen LogP contribution in [-0.2, 0) is 14.3 Å². The van der Waals surface area contributed by atoms with E-state index >= 15 is 0 Å². The van der Waals surface area contributed by atoms with Crippen LogP contribution in [0.1, 0.15) is 48.5 Å². The fourth-order valence-electron chi connectivity index (χ4n) is 1.55. The van der Waals surface area contributed by atoms with E-state index in [2.05, 4.69) is 5.32 Å². The molecule has 0 bridgehead atoms. The monoisotopic (exact) mass is 257 g/mol. The Bertz CT molecular complexity index is 292. The molecule has 0 aromatic carbocycles. The molecule has 0 aliphatic heterocycles. The predicted octanol–water partition coefficient (Wildman–Crippen LogP) is 2.37. The summed E-state index contributed by atoms with van der Waals surface area (Å²) in [7, 11) is 0. The highest BCUT2D eigenvalue weighted by atomic mass is 16.5. The average Bonchev–Trinajstić information content (AvgIpc) is 2.15. The van der Waals surface area contributed by atoms with E-state index in [1.54, 1.807) is 6.92 Å². The van der Waals surface area contributed by atoms with Crippen LogP contribution in [-0.4, -0.2) is 24.5 Å². The smallest absolute Gasteiger partial charge is 0.319 e. The van der Waals surface area contributed by atoms with Crippen LogP contribution >= 0.6 is 0 Å². The van der Waals surface area contributed by atoms with Gasteiger partial charge >= 0.3 is 5.97 Å². The average molecular weight is 257 g/mol. The van der Waals surface area contributed by atoms with Gasteiger partial charge < -0.3 is 10.1 Å². The maximum atomic E-state index is 12.2. The number of hydrogen-bond donors (Lipinski definition) is 1. The van der Waals surface area contributed by atoms with Crippen LogP contribution < -0.4 is 5.32 Å². The molecule has 0 aliphatic carbocycles. The lowest BCUT2D eigenvalue weighted by molar-refractivity contribution is -0.156. The molecule has 4 heteroatoms. The van der Waals surface area contributed by atoms with Crippen molar-refractivity contribution in [2.75, 3.05) is 6.61 Å². The molecule has 0 aliphatic rings. The van der Waals surface area contributed by atoms with Gasteiger partial charge in [-0.25, -0.2) is 0 Å². The van der Waals surface area contributed by atoms with Crippen molar-refractivity contribution < 1.29 is 14.3 Å². The first-order valence-electron chi connectivity index (χ1n) is 6.58. The fourth-order valence-corrected chi connectivity index (χ4v) is 1.55. The zero-order valence-corrected chi connectivity index (χ0v) is 12.7. The third-order valence-corrected chi connectivity index (χ3v) is 3.02. The van der Waals surface area contributed by atoms with Crippen molar-refractivity contribution in [1.82, 2.24) is 5.32 Å². The number of rotatable bonds is 5. The summed E-state index contributed by atoms with van der Waals surface area (Å²) in [5.41, 5.74) is -0.451. The Morgan fingerprint density at radius 1 is 1.17 bits per heavy atom. The summed E-state index contributed by atoms with van der Waals surface area (Å²) in [5.74, 6) is -1.13. The van der Waals surface area contributed by atoms with E-state index < -0.39 is 17.3 Å². The third-order valence-electron chi connectivity index (χ3n) is 3.02. The molecule has 0 heterocycles. The largest absolute Gasteiger partial charge is 0.465 e. The summed E-state index contributed by atoms with van der Waals surface area (Å²) in [5, 5.41) is 2.89. The summed E-state index contributed by atoms with van der Waals surface area (Å²) in [4.78, 5) is 24.1. The minimum atomic E-state index is -0.765. The van der Waals surface area contributed by atoms with Crippen molar-refractivity contribution in [2.45, 2.75) is 54.5 Å². The molecule has 2 atom stereocenters. The van der Waals surface area contributed by atoms with Crippen LogP contribution in [0.3, 0.4) is 0 Å². The molecule has 0 aromatic heterocycles. The van der Waals surface area contributed by atoms with E-state index in [0.717, 1.165) is 0 Å². The Hall–Kier alpha value is -1.06. The molecule has 0 spiro atoms. The van der Waals surface area contributed by atoms with E-state index in [1.165, 1.54) is 0 Å². The molecule has 18 heavy (non-hydrogen) atoms. The van der Waals surface area contributed by atoms with Gasteiger partial charge in [-0.1, -0.05) is 34.6 Å². The molecule has 0 saturated heterocycles. The van der Waals surface area contributed by atoms with E-state index in [4.69, 9.17) is 4.74 Å². The maximum Gasteiger partial charge on any atom is 0.319 e. The Labute approximate surface area is 110 Å². The first-order valence-corrected chi connectivity index (χ1v) is 6.58. The number of carbonyl (C=O) groups is 2. The normalized spacial score (nSPS) is 15.1. The van der Waals surface area contributed by atoms with Crippen LogP contribution in [0.2, 0.25) is 0 Å². The molecule has 0 rings (SSSR count). The highest BCUT2D eigenvalue weighted by Crippen LogP contribution is 2.27. The molecule has 1 amide bonds. The molecular weight excluding hydrogens is 230 g/mol. The number of nitrogens with one attached hydrogen (secondary N) is 1. The van der Waals surface area contributed by atoms with E-state index in [-0.39, 0.29) is 11.9 Å². The van der Waals surface area contributed by atoms with Gasteiger partial charge in [0.2, 0.25) is 5.91 Å². The van der Waals surface area contributed by atoms with Gasteiger partial charge in [0.05, 0.1) is 6.61 Å². The van der Waals surface area contributed by atoms with E-state index in [9.17, 15) is 9.59 Å². The Balaban J connectivity index is 4.88. The van der Waals surface area contributed by atoms with Crippen molar-refractivity contribution in [1.29, 1.82) is 0 Å². The number of amides is 1. The van der Waals surface area contributed by atoms with Gasteiger partial charge in [0, 0.05) is 6.04 Å². The maximum absolute atomic E-state index is 12.2. The second-order valence-electron chi connectivity index (χ2n) is 6.09. The molecule has 0 aromatic rings. The van der Waals surface area contributed by atoms with Crippen molar-refractivity contribution in [3.8, 4) is 0 Å². The van der Waals surface area contributed by atoms with Crippen LogP contribution in [0.15, 0.2) is 0 Å². The van der Waals surface area contributed by atoms with E-state index in [0.29, 0.717) is 12.5 Å². The third kappa shape index (κ3) is 5.07. The zero-order valence-electron chi connectivity index (χ0n) is 12.7. The molecule has 106 valence electrons. The van der Waals surface area contributed by atoms with Crippen molar-refractivity contribution in [3.63, 3.8) is 0 Å². The topological polar surface area (TPSA) is 55.4 Å². The number of carbonyl (C=O) groups excluding carboxylic acids is 2. The Morgan fingerprint density at radius 2 is 1.67 bits per heavy atom. The van der Waals surface area contributed by atoms with Crippen LogP contribution in [0, 0.1) is 17.3 Å². The van der Waals surface area contributed by atoms with Gasteiger partial charge in [0.25, 0.3) is 0 Å². The van der Waals surface area contributed by atoms with Crippen molar-refractivity contribution >= 4 is 11.9 Å². The van der Waals surface area contributed by atoms with Gasteiger partial charge in [-0.15, -0.1) is 0 Å². The van der Waals surface area contributed by atoms with Crippen LogP contribution in [0.5, 0.6) is 0 Å². The van der Waals surface area contributed by atoms with Gasteiger partial charge in [0.15, 0.2) is 0 Å². The Kier molecular flexibility index (Phi) is 6.36. The minimum Gasteiger partial charge on any atom is -0.465 e. The molecule has 4 nitrogen and oxygen atoms in total. The SMILES string of the molecule is CCOC(=O)C(C(=O)NC(C)C(C)C)C(C)(C)C. The Morgan fingerprint density at radius 3 is 2.00 bits per heavy atom. The second kappa shape index (κ2) is 6.76. The zero-order chi connectivity index (χ0) is 14.5. The summed E-state index contributed by atoms with van der Waals surface area (Å²) in [6.07, 6.45) is 0. The summed E-state index contributed by atoms with van der Waals surface area (Å²) < 4.78 is 4.99. The second-order valence-corrected chi connectivity index (χ2v) is 6.09. The summed E-state index contributed by atoms with van der Waals surface area (Å²) >= 11 is 0. The summed E-state index contributed by atoms with van der Waals surface area (Å²) in [6, 6.07) is 0.0387. The summed E-state index contributed by atoms with van der Waals surface area (Å²) in [6.45, 7) is 13.6. The lowest BCUT2D eigenvalue weighted by Crippen LogP contribution is -2.47. The predicted molar refractivity (Wildman–Crippen MR) is 72.0 cm³/mol. The first kappa shape index (κ1) is 16.9. The van der Waals surface area contributed by atoms with Gasteiger partial charge in [-0.3, -0.25) is 9.59 Å². The molecule has 1 N–H and O–H groups in total. The van der Waals surface area contributed by atoms with Crippen LogP contribution in [0.4, 0.5) is 0 Å². The molecule has 2 unspecified atom stereocenters. The lowest BCUT2D eigenvalue weighted by atomic mass is 9.80. The highest BCUT2D eigenvalue weighted by molar-refractivity contribution is 5.98. The number of ether oxygens (including phenoxy) is 1. The number of hydrogen-bond acceptors (Lipinski definition) is 3. The van der Waals surface area contributed by atoms with Crippen molar-refractivity contribution in [2.24, 2.45) is 17.3 Å². The molecule has 0 saturated carbocycles. The van der Waals surface area contributed by atoms with Crippen LogP contribution in [0.25, 0.3) is 0 Å². The van der Waals surface area contributed by atoms with Crippen molar-refractivity contribution in [3.05, 3.63) is 0 Å². The van der Waals surface area contributed by atoms with E-state index in [1.807, 2.05) is 41.5 Å². The molecule has 0 radical (unpaired) electrons. The van der Waals surface area contributed by atoms with Gasteiger partial charge in [-0.05, 0) is 25.2 Å². The molecule has 0 fully saturated rings. The molecular formula is C14H27NO3. The van der Waals surface area contributed by atoms with Gasteiger partial charge in [-0.2, -0.15) is 0 Å². The standard InChI is InChI=1S/C14H27NO3/c1-8-18-13(17)11(14(5,6)7)12(16)15-10(4)9(2)3/h9-11H,8H2,1-7H3,(H,15,16). The van der Waals surface area contributed by atoms with Gasteiger partial charge in [0.1, 0.15) is 5.92 Å². The lowest BCUT2D eigenvalue weighted by Gasteiger charge is -2.29. The minimum absolute atomic E-state index is 0.0387. The highest BCUT2D eigenvalue weighted by Gasteiger charge is 2.39. The fraction of sp³-hybridized carbons (Fsp3) is 0.857. The quantitative estimate of drug-likeness (QED) is 0.607.